The summed E-state index contributed by atoms with van der Waals surface area (Å²) in [5.41, 5.74) is 6.63. The van der Waals surface area contributed by atoms with Gasteiger partial charge in [-0.25, -0.2) is 4.98 Å². The van der Waals surface area contributed by atoms with E-state index in [1.165, 1.54) is 6.07 Å². The average molecular weight is 304 g/mol. The SMILES string of the molecule is Cc1c(Cl)cc2[nH]c(C(N)=O)nc2c1CP(=O)(O)O. The fourth-order valence-corrected chi connectivity index (χ4v) is 2.82. The maximum absolute atomic E-state index is 11.2. The van der Waals surface area contributed by atoms with Gasteiger partial charge in [0.25, 0.3) is 5.91 Å². The monoisotopic (exact) mass is 303 g/mol. The number of imidazole rings is 1. The highest BCUT2D eigenvalue weighted by Gasteiger charge is 2.22. The first-order valence-electron chi connectivity index (χ1n) is 5.21. The molecule has 1 amide bonds. The van der Waals surface area contributed by atoms with Gasteiger partial charge in [-0.1, -0.05) is 11.6 Å². The Bertz CT molecular complexity index is 721. The lowest BCUT2D eigenvalue weighted by Crippen LogP contribution is -2.12. The van der Waals surface area contributed by atoms with E-state index >= 15 is 0 Å². The number of nitrogens with one attached hydrogen (secondary N) is 1. The first-order valence-corrected chi connectivity index (χ1v) is 7.38. The summed E-state index contributed by atoms with van der Waals surface area (Å²) in [4.78, 5) is 35.9. The number of primary amides is 1. The van der Waals surface area contributed by atoms with Crippen molar-refractivity contribution in [3.05, 3.63) is 28.0 Å². The number of aromatic nitrogens is 2. The lowest BCUT2D eigenvalue weighted by molar-refractivity contribution is 0.0991. The van der Waals surface area contributed by atoms with Crippen LogP contribution >= 0.6 is 19.2 Å². The van der Waals surface area contributed by atoms with E-state index in [0.29, 0.717) is 27.2 Å². The smallest absolute Gasteiger partial charge is 0.330 e. The van der Waals surface area contributed by atoms with E-state index in [9.17, 15) is 9.36 Å². The van der Waals surface area contributed by atoms with Crippen molar-refractivity contribution in [2.75, 3.05) is 0 Å². The first kappa shape index (κ1) is 14.0. The van der Waals surface area contributed by atoms with Crippen LogP contribution in [-0.2, 0) is 10.7 Å². The number of hydrogen-bond acceptors (Lipinski definition) is 3. The molecule has 0 aliphatic carbocycles. The number of benzene rings is 1. The molecule has 2 aromatic rings. The van der Waals surface area contributed by atoms with Gasteiger partial charge in [0.2, 0.25) is 0 Å². The number of nitrogens with two attached hydrogens (primary N) is 1. The van der Waals surface area contributed by atoms with Crippen molar-refractivity contribution in [3.63, 3.8) is 0 Å². The van der Waals surface area contributed by atoms with Crippen molar-refractivity contribution in [2.24, 2.45) is 5.73 Å². The summed E-state index contributed by atoms with van der Waals surface area (Å²) in [6, 6.07) is 1.54. The molecule has 1 heterocycles. The molecule has 7 nitrogen and oxygen atoms in total. The predicted molar refractivity (Wildman–Crippen MR) is 70.1 cm³/mol. The fourth-order valence-electron chi connectivity index (χ4n) is 1.79. The van der Waals surface area contributed by atoms with Crippen LogP contribution in [0.1, 0.15) is 21.7 Å². The summed E-state index contributed by atoms with van der Waals surface area (Å²) < 4.78 is 11.2. The van der Waals surface area contributed by atoms with Gasteiger partial charge in [-0.05, 0) is 24.1 Å². The Morgan fingerprint density at radius 1 is 1.58 bits per heavy atom. The van der Waals surface area contributed by atoms with E-state index in [-0.39, 0.29) is 5.82 Å². The number of amides is 1. The Morgan fingerprint density at radius 2 is 2.21 bits per heavy atom. The Hall–Kier alpha value is -1.40. The summed E-state index contributed by atoms with van der Waals surface area (Å²) in [6.45, 7) is 1.63. The summed E-state index contributed by atoms with van der Waals surface area (Å²) >= 11 is 5.99. The highest BCUT2D eigenvalue weighted by atomic mass is 35.5. The van der Waals surface area contributed by atoms with Crippen LogP contribution in [0.15, 0.2) is 6.07 Å². The quantitative estimate of drug-likeness (QED) is 0.635. The number of halogens is 1. The second-order valence-corrected chi connectivity index (χ2v) is 6.18. The van der Waals surface area contributed by atoms with Gasteiger partial charge in [0.1, 0.15) is 0 Å². The third kappa shape index (κ3) is 2.79. The molecule has 0 saturated heterocycles. The van der Waals surface area contributed by atoms with Gasteiger partial charge in [-0.3, -0.25) is 9.36 Å². The normalized spacial score (nSPS) is 12.0. The number of fused-ring (bicyclic) bond motifs is 1. The van der Waals surface area contributed by atoms with Crippen molar-refractivity contribution >= 4 is 36.1 Å². The van der Waals surface area contributed by atoms with Gasteiger partial charge >= 0.3 is 7.60 Å². The van der Waals surface area contributed by atoms with E-state index < -0.39 is 19.7 Å². The van der Waals surface area contributed by atoms with Crippen molar-refractivity contribution in [2.45, 2.75) is 13.1 Å². The van der Waals surface area contributed by atoms with Crippen LogP contribution in [0.25, 0.3) is 11.0 Å². The first-order chi connectivity index (χ1) is 8.69. The van der Waals surface area contributed by atoms with Crippen LogP contribution < -0.4 is 5.73 Å². The number of aromatic amines is 1. The van der Waals surface area contributed by atoms with E-state index in [1.807, 2.05) is 0 Å². The number of rotatable bonds is 3. The van der Waals surface area contributed by atoms with Gasteiger partial charge in [-0.2, -0.15) is 0 Å². The zero-order valence-electron chi connectivity index (χ0n) is 9.85. The molecule has 0 aliphatic heterocycles. The molecule has 0 bridgehead atoms. The summed E-state index contributed by atoms with van der Waals surface area (Å²) in [7, 11) is -4.28. The van der Waals surface area contributed by atoms with Crippen LogP contribution in [0.4, 0.5) is 0 Å². The minimum Gasteiger partial charge on any atom is -0.363 e. The molecule has 0 radical (unpaired) electrons. The van der Waals surface area contributed by atoms with Crippen molar-refractivity contribution in [1.29, 1.82) is 0 Å². The standard InChI is InChI=1S/C10H11ClN3O4P/c1-4-5(3-19(16,17)18)8-7(2-6(4)11)13-10(14-8)9(12)15/h2H,3H2,1H3,(H2,12,15)(H,13,14)(H2,16,17,18). The van der Waals surface area contributed by atoms with E-state index in [0.717, 1.165) is 0 Å². The van der Waals surface area contributed by atoms with Crippen molar-refractivity contribution < 1.29 is 19.1 Å². The summed E-state index contributed by atoms with van der Waals surface area (Å²) in [5, 5.41) is 0.329. The minimum atomic E-state index is -4.28. The van der Waals surface area contributed by atoms with Gasteiger partial charge in [0, 0.05) is 5.02 Å². The summed E-state index contributed by atoms with van der Waals surface area (Å²) in [5.74, 6) is -0.837. The molecule has 5 N–H and O–H groups in total. The minimum absolute atomic E-state index is 0.0800. The second-order valence-electron chi connectivity index (χ2n) is 4.13. The topological polar surface area (TPSA) is 129 Å². The predicted octanol–water partition coefficient (Wildman–Crippen LogP) is 1.30. The Kier molecular flexibility index (Phi) is 3.40. The lowest BCUT2D eigenvalue weighted by Gasteiger charge is -2.09. The lowest BCUT2D eigenvalue weighted by atomic mass is 10.1. The zero-order chi connectivity index (χ0) is 14.4. The molecule has 1 aromatic heterocycles. The molecule has 102 valence electrons. The Balaban J connectivity index is 2.74. The fraction of sp³-hybridized carbons (Fsp3) is 0.200. The molecule has 0 atom stereocenters. The second kappa shape index (κ2) is 4.61. The van der Waals surface area contributed by atoms with Crippen molar-refractivity contribution in [3.8, 4) is 0 Å². The molecule has 0 spiro atoms. The van der Waals surface area contributed by atoms with Gasteiger partial charge in [0.05, 0.1) is 17.2 Å². The largest absolute Gasteiger partial charge is 0.363 e. The van der Waals surface area contributed by atoms with Crippen molar-refractivity contribution in [1.82, 2.24) is 9.97 Å². The molecule has 0 fully saturated rings. The highest BCUT2D eigenvalue weighted by molar-refractivity contribution is 7.50. The molecule has 9 heteroatoms. The Labute approximate surface area is 112 Å². The van der Waals surface area contributed by atoms with Crippen LogP contribution in [0.2, 0.25) is 5.02 Å². The zero-order valence-corrected chi connectivity index (χ0v) is 11.5. The van der Waals surface area contributed by atoms with Crippen LogP contribution in [0.3, 0.4) is 0 Å². The van der Waals surface area contributed by atoms with E-state index in [4.69, 9.17) is 27.1 Å². The Morgan fingerprint density at radius 3 is 2.74 bits per heavy atom. The average Bonchev–Trinajstić information content (AvgIpc) is 2.67. The van der Waals surface area contributed by atoms with Gasteiger partial charge < -0.3 is 20.5 Å². The van der Waals surface area contributed by atoms with Gasteiger partial charge in [0.15, 0.2) is 5.82 Å². The number of carbonyl (C=O) groups is 1. The van der Waals surface area contributed by atoms with Crippen LogP contribution in [-0.4, -0.2) is 25.7 Å². The van der Waals surface area contributed by atoms with Crippen LogP contribution in [0, 0.1) is 6.92 Å². The van der Waals surface area contributed by atoms with E-state index in [2.05, 4.69) is 9.97 Å². The number of nitrogens with zero attached hydrogens (tertiary/aromatic N) is 1. The van der Waals surface area contributed by atoms with Gasteiger partial charge in [-0.15, -0.1) is 0 Å². The molecular weight excluding hydrogens is 293 g/mol. The molecular formula is C10H11ClN3O4P. The third-order valence-electron chi connectivity index (χ3n) is 2.70. The highest BCUT2D eigenvalue weighted by Crippen LogP contribution is 2.42. The number of carbonyl (C=O) groups excluding carboxylic acids is 1. The van der Waals surface area contributed by atoms with Crippen LogP contribution in [0.5, 0.6) is 0 Å². The molecule has 0 aliphatic rings. The molecule has 0 unspecified atom stereocenters. The third-order valence-corrected chi connectivity index (χ3v) is 3.82. The molecule has 0 saturated carbocycles. The summed E-state index contributed by atoms with van der Waals surface area (Å²) in [6.07, 6.45) is -0.501. The maximum Gasteiger partial charge on any atom is 0.330 e. The maximum atomic E-state index is 11.2. The molecule has 1 aromatic carbocycles. The molecule has 2 rings (SSSR count). The van der Waals surface area contributed by atoms with E-state index in [1.54, 1.807) is 6.92 Å². The number of hydrogen-bond donors (Lipinski definition) is 4. The number of H-pyrrole nitrogens is 1. The molecule has 19 heavy (non-hydrogen) atoms.